The van der Waals surface area contributed by atoms with Gasteiger partial charge in [0.2, 0.25) is 0 Å². The molecule has 1 saturated heterocycles. The first-order chi connectivity index (χ1) is 10.7. The summed E-state index contributed by atoms with van der Waals surface area (Å²) in [4.78, 5) is 18.8. The Bertz CT molecular complexity index is 645. The lowest BCUT2D eigenvalue weighted by molar-refractivity contribution is 0.0650. The number of amides is 1. The van der Waals surface area contributed by atoms with Crippen molar-refractivity contribution in [3.63, 3.8) is 0 Å². The topological polar surface area (TPSA) is 71.2 Å². The van der Waals surface area contributed by atoms with Crippen molar-refractivity contribution in [3.8, 4) is 5.82 Å². The van der Waals surface area contributed by atoms with Crippen LogP contribution in [0.15, 0.2) is 30.6 Å². The van der Waals surface area contributed by atoms with Gasteiger partial charge in [0, 0.05) is 25.9 Å². The van der Waals surface area contributed by atoms with Crippen molar-refractivity contribution >= 4 is 5.91 Å². The molecule has 22 heavy (non-hydrogen) atoms. The Morgan fingerprint density at radius 1 is 1.36 bits per heavy atom. The molecular weight excluding hydrogens is 280 g/mol. The Kier molecular flexibility index (Phi) is 4.20. The normalized spacial score (nSPS) is 16.0. The van der Waals surface area contributed by atoms with E-state index in [1.165, 1.54) is 0 Å². The van der Waals surface area contributed by atoms with E-state index in [0.29, 0.717) is 30.4 Å². The fourth-order valence-electron chi connectivity index (χ4n) is 2.82. The molecule has 6 heteroatoms. The highest BCUT2D eigenvalue weighted by atomic mass is 16.3. The van der Waals surface area contributed by atoms with Gasteiger partial charge in [-0.3, -0.25) is 4.79 Å². The molecule has 2 aromatic heterocycles. The van der Waals surface area contributed by atoms with Gasteiger partial charge in [-0.25, -0.2) is 9.67 Å². The maximum absolute atomic E-state index is 12.6. The third-order valence-electron chi connectivity index (χ3n) is 4.27. The van der Waals surface area contributed by atoms with E-state index in [9.17, 15) is 9.90 Å². The molecule has 2 aromatic rings. The van der Waals surface area contributed by atoms with Crippen molar-refractivity contribution in [2.24, 2.45) is 5.92 Å². The molecule has 0 saturated carbocycles. The van der Waals surface area contributed by atoms with Gasteiger partial charge in [-0.05, 0) is 37.8 Å². The number of rotatable bonds is 3. The number of likely N-dealkylation sites (tertiary alicyclic amines) is 1. The van der Waals surface area contributed by atoms with E-state index in [-0.39, 0.29) is 12.5 Å². The number of aromatic nitrogens is 3. The molecule has 1 amide bonds. The highest BCUT2D eigenvalue weighted by molar-refractivity contribution is 5.95. The maximum atomic E-state index is 12.6. The highest BCUT2D eigenvalue weighted by Gasteiger charge is 2.25. The smallest absolute Gasteiger partial charge is 0.257 e. The van der Waals surface area contributed by atoms with E-state index in [4.69, 9.17) is 0 Å². The van der Waals surface area contributed by atoms with Crippen LogP contribution >= 0.6 is 0 Å². The third kappa shape index (κ3) is 2.74. The summed E-state index contributed by atoms with van der Waals surface area (Å²) in [5.41, 5.74) is 1.42. The van der Waals surface area contributed by atoms with Crippen LogP contribution in [-0.2, 0) is 0 Å². The summed E-state index contributed by atoms with van der Waals surface area (Å²) in [6.45, 7) is 3.48. The van der Waals surface area contributed by atoms with Crippen LogP contribution in [0.3, 0.4) is 0 Å². The second-order valence-corrected chi connectivity index (χ2v) is 5.66. The quantitative estimate of drug-likeness (QED) is 0.930. The van der Waals surface area contributed by atoms with E-state index in [1.54, 1.807) is 17.1 Å². The Hall–Kier alpha value is -2.21. The lowest BCUT2D eigenvalue weighted by Gasteiger charge is -2.31. The van der Waals surface area contributed by atoms with Crippen LogP contribution in [0, 0.1) is 12.8 Å². The zero-order valence-electron chi connectivity index (χ0n) is 12.6. The van der Waals surface area contributed by atoms with Crippen LogP contribution < -0.4 is 0 Å². The van der Waals surface area contributed by atoms with Crippen LogP contribution in [0.25, 0.3) is 5.82 Å². The predicted molar refractivity (Wildman–Crippen MR) is 81.8 cm³/mol. The number of carbonyl (C=O) groups excluding carboxylic acids is 1. The van der Waals surface area contributed by atoms with Gasteiger partial charge in [0.25, 0.3) is 5.91 Å². The summed E-state index contributed by atoms with van der Waals surface area (Å²) in [5, 5.41) is 13.5. The minimum atomic E-state index is 0.0103. The number of hydrogen-bond acceptors (Lipinski definition) is 4. The van der Waals surface area contributed by atoms with Gasteiger partial charge in [0.05, 0.1) is 17.5 Å². The first-order valence-electron chi connectivity index (χ1n) is 7.57. The molecule has 1 N–H and O–H groups in total. The summed E-state index contributed by atoms with van der Waals surface area (Å²) < 4.78 is 1.69. The van der Waals surface area contributed by atoms with Crippen molar-refractivity contribution < 1.29 is 9.90 Å². The molecule has 6 nitrogen and oxygen atoms in total. The van der Waals surface area contributed by atoms with Crippen molar-refractivity contribution in [3.05, 3.63) is 41.9 Å². The number of aliphatic hydroxyl groups is 1. The van der Waals surface area contributed by atoms with Crippen molar-refractivity contribution in [1.82, 2.24) is 19.7 Å². The number of nitrogens with zero attached hydrogens (tertiary/aromatic N) is 4. The summed E-state index contributed by atoms with van der Waals surface area (Å²) in [6, 6.07) is 5.60. The van der Waals surface area contributed by atoms with Gasteiger partial charge in [0.1, 0.15) is 0 Å². The summed E-state index contributed by atoms with van der Waals surface area (Å²) in [7, 11) is 0. The predicted octanol–water partition coefficient (Wildman–Crippen LogP) is 1.42. The number of carbonyl (C=O) groups is 1. The van der Waals surface area contributed by atoms with Gasteiger partial charge < -0.3 is 10.0 Å². The summed E-state index contributed by atoms with van der Waals surface area (Å²) >= 11 is 0. The average Bonchev–Trinajstić information content (AvgIpc) is 2.96. The lowest BCUT2D eigenvalue weighted by atomic mass is 9.97. The Balaban J connectivity index is 1.78. The lowest BCUT2D eigenvalue weighted by Crippen LogP contribution is -2.39. The Labute approximate surface area is 129 Å². The minimum absolute atomic E-state index is 0.0103. The van der Waals surface area contributed by atoms with Crippen LogP contribution in [0.2, 0.25) is 0 Å². The van der Waals surface area contributed by atoms with Crippen LogP contribution in [0.5, 0.6) is 0 Å². The average molecular weight is 300 g/mol. The number of aliphatic hydroxyl groups excluding tert-OH is 1. The molecule has 116 valence electrons. The first-order valence-corrected chi connectivity index (χ1v) is 7.57. The van der Waals surface area contributed by atoms with E-state index >= 15 is 0 Å². The molecule has 3 rings (SSSR count). The van der Waals surface area contributed by atoms with Gasteiger partial charge >= 0.3 is 0 Å². The molecule has 0 radical (unpaired) electrons. The fourth-order valence-corrected chi connectivity index (χ4v) is 2.82. The molecule has 0 unspecified atom stereocenters. The van der Waals surface area contributed by atoms with Crippen LogP contribution in [0.4, 0.5) is 0 Å². The molecule has 1 aliphatic rings. The zero-order chi connectivity index (χ0) is 15.5. The standard InChI is InChI=1S/C16H20N4O2/c1-12-14(10-18-20(12)15-4-2-3-7-17-15)16(22)19-8-5-13(11-21)6-9-19/h2-4,7,10,13,21H,5-6,8-9,11H2,1H3. The SMILES string of the molecule is Cc1c(C(=O)N2CCC(CO)CC2)cnn1-c1ccccn1. The van der Waals surface area contributed by atoms with E-state index in [2.05, 4.69) is 10.1 Å². The molecule has 1 aliphatic heterocycles. The van der Waals surface area contributed by atoms with E-state index in [1.807, 2.05) is 30.0 Å². The number of piperidine rings is 1. The monoisotopic (exact) mass is 300 g/mol. The van der Waals surface area contributed by atoms with Crippen molar-refractivity contribution in [2.75, 3.05) is 19.7 Å². The number of pyridine rings is 1. The number of hydrogen-bond donors (Lipinski definition) is 1. The van der Waals surface area contributed by atoms with Crippen molar-refractivity contribution in [2.45, 2.75) is 19.8 Å². The summed E-state index contributed by atoms with van der Waals surface area (Å²) in [5.74, 6) is 1.04. The van der Waals surface area contributed by atoms with E-state index in [0.717, 1.165) is 18.5 Å². The Morgan fingerprint density at radius 2 is 2.14 bits per heavy atom. The molecule has 0 atom stereocenters. The second kappa shape index (κ2) is 6.27. The molecule has 0 spiro atoms. The van der Waals surface area contributed by atoms with Crippen LogP contribution in [-0.4, -0.2) is 50.4 Å². The fraction of sp³-hybridized carbons (Fsp3) is 0.438. The molecular formula is C16H20N4O2. The van der Waals surface area contributed by atoms with Gasteiger partial charge in [0.15, 0.2) is 5.82 Å². The minimum Gasteiger partial charge on any atom is -0.396 e. The van der Waals surface area contributed by atoms with E-state index < -0.39 is 0 Å². The second-order valence-electron chi connectivity index (χ2n) is 5.66. The largest absolute Gasteiger partial charge is 0.396 e. The third-order valence-corrected chi connectivity index (χ3v) is 4.27. The summed E-state index contributed by atoms with van der Waals surface area (Å²) in [6.07, 6.45) is 5.04. The Morgan fingerprint density at radius 3 is 2.77 bits per heavy atom. The van der Waals surface area contributed by atoms with Crippen LogP contribution in [0.1, 0.15) is 28.9 Å². The zero-order valence-corrected chi connectivity index (χ0v) is 12.6. The van der Waals surface area contributed by atoms with Gasteiger partial charge in [-0.2, -0.15) is 5.10 Å². The first kappa shape index (κ1) is 14.7. The molecule has 1 fully saturated rings. The van der Waals surface area contributed by atoms with Crippen molar-refractivity contribution in [1.29, 1.82) is 0 Å². The highest BCUT2D eigenvalue weighted by Crippen LogP contribution is 2.20. The molecule has 3 heterocycles. The van der Waals surface area contributed by atoms with Gasteiger partial charge in [-0.1, -0.05) is 6.07 Å². The molecule has 0 bridgehead atoms. The van der Waals surface area contributed by atoms with Gasteiger partial charge in [-0.15, -0.1) is 0 Å². The molecule has 0 aliphatic carbocycles. The maximum Gasteiger partial charge on any atom is 0.257 e. The molecule has 0 aromatic carbocycles.